The normalized spacial score (nSPS) is 25.6. The van der Waals surface area contributed by atoms with E-state index >= 15 is 0 Å². The van der Waals surface area contributed by atoms with Gasteiger partial charge in [0.2, 0.25) is 0 Å². The summed E-state index contributed by atoms with van der Waals surface area (Å²) in [6.45, 7) is 13.0. The molecule has 0 aliphatic heterocycles. The summed E-state index contributed by atoms with van der Waals surface area (Å²) in [5.74, 6) is -0.125. The van der Waals surface area contributed by atoms with Crippen molar-refractivity contribution in [3.05, 3.63) is 23.3 Å². The van der Waals surface area contributed by atoms with Crippen LogP contribution in [0.4, 0.5) is 0 Å². The van der Waals surface area contributed by atoms with Crippen molar-refractivity contribution in [2.45, 2.75) is 79.4 Å². The van der Waals surface area contributed by atoms with E-state index in [9.17, 15) is 4.79 Å². The Kier molecular flexibility index (Phi) is 5.64. The van der Waals surface area contributed by atoms with Crippen molar-refractivity contribution < 1.29 is 14.3 Å². The molecular formula is C21H34O3. The van der Waals surface area contributed by atoms with E-state index in [1.807, 2.05) is 0 Å². The number of hydrogen-bond acceptors (Lipinski definition) is 3. The number of ether oxygens (including phenoxy) is 2. The van der Waals surface area contributed by atoms with E-state index in [2.05, 4.69) is 53.7 Å². The van der Waals surface area contributed by atoms with Crippen molar-refractivity contribution in [2.24, 2.45) is 16.7 Å². The summed E-state index contributed by atoms with van der Waals surface area (Å²) in [5.41, 5.74) is 2.61. The predicted molar refractivity (Wildman–Crippen MR) is 97.7 cm³/mol. The van der Waals surface area contributed by atoms with Gasteiger partial charge in [-0.3, -0.25) is 4.79 Å². The van der Waals surface area contributed by atoms with Crippen LogP contribution in [-0.2, 0) is 14.3 Å². The molecule has 0 N–H and O–H groups in total. The Hall–Kier alpha value is -1.09. The van der Waals surface area contributed by atoms with Crippen molar-refractivity contribution >= 4 is 5.97 Å². The van der Waals surface area contributed by atoms with Gasteiger partial charge in [0.1, 0.15) is 6.10 Å². The topological polar surface area (TPSA) is 35.5 Å². The van der Waals surface area contributed by atoms with Gasteiger partial charge in [0, 0.05) is 7.11 Å². The fourth-order valence-electron chi connectivity index (χ4n) is 3.66. The molecule has 136 valence electrons. The third-order valence-electron chi connectivity index (χ3n) is 5.11. The lowest BCUT2D eigenvalue weighted by atomic mass is 9.72. The molecule has 3 nitrogen and oxygen atoms in total. The van der Waals surface area contributed by atoms with Crippen LogP contribution in [0, 0.1) is 16.7 Å². The van der Waals surface area contributed by atoms with Gasteiger partial charge in [0.05, 0.1) is 12.0 Å². The lowest BCUT2D eigenvalue weighted by Gasteiger charge is -2.34. The van der Waals surface area contributed by atoms with Crippen molar-refractivity contribution in [1.82, 2.24) is 0 Å². The Labute approximate surface area is 147 Å². The highest BCUT2D eigenvalue weighted by Crippen LogP contribution is 2.40. The second kappa shape index (κ2) is 7.03. The predicted octanol–water partition coefficient (Wildman–Crippen LogP) is 5.06. The molecule has 2 aliphatic rings. The summed E-state index contributed by atoms with van der Waals surface area (Å²) in [7, 11) is 1.74. The first kappa shape index (κ1) is 19.2. The summed E-state index contributed by atoms with van der Waals surface area (Å²) in [6, 6.07) is 0. The maximum atomic E-state index is 12.9. The number of rotatable bonds is 4. The van der Waals surface area contributed by atoms with Crippen LogP contribution < -0.4 is 0 Å². The Morgan fingerprint density at radius 3 is 2.46 bits per heavy atom. The molecule has 2 rings (SSSR count). The highest BCUT2D eigenvalue weighted by Gasteiger charge is 2.38. The van der Waals surface area contributed by atoms with Crippen molar-refractivity contribution in [1.29, 1.82) is 0 Å². The van der Waals surface area contributed by atoms with Crippen LogP contribution in [0.15, 0.2) is 23.3 Å². The van der Waals surface area contributed by atoms with Crippen LogP contribution in [0.1, 0.15) is 67.2 Å². The highest BCUT2D eigenvalue weighted by molar-refractivity contribution is 5.74. The summed E-state index contributed by atoms with van der Waals surface area (Å²) >= 11 is 0. The van der Waals surface area contributed by atoms with E-state index in [4.69, 9.17) is 9.47 Å². The SMILES string of the molecule is COC1C=CC2=C(CCC2OC(=O)C(CC(C)(C)C)C(C)(C)C)C1. The van der Waals surface area contributed by atoms with Crippen LogP contribution in [-0.4, -0.2) is 25.3 Å². The molecule has 0 saturated carbocycles. The molecular weight excluding hydrogens is 300 g/mol. The Morgan fingerprint density at radius 2 is 1.92 bits per heavy atom. The number of carbonyl (C=O) groups excluding carboxylic acids is 1. The van der Waals surface area contributed by atoms with Crippen molar-refractivity contribution in [2.75, 3.05) is 7.11 Å². The second-order valence-corrected chi connectivity index (χ2v) is 9.54. The molecule has 0 aromatic heterocycles. The molecule has 0 amide bonds. The third-order valence-corrected chi connectivity index (χ3v) is 5.11. The van der Waals surface area contributed by atoms with E-state index in [1.54, 1.807) is 7.11 Å². The first-order valence-electron chi connectivity index (χ1n) is 9.14. The molecule has 24 heavy (non-hydrogen) atoms. The van der Waals surface area contributed by atoms with Crippen LogP contribution in [0.5, 0.6) is 0 Å². The zero-order chi connectivity index (χ0) is 18.1. The molecule has 0 spiro atoms. The number of hydrogen-bond donors (Lipinski definition) is 0. The van der Waals surface area contributed by atoms with Gasteiger partial charge in [0.25, 0.3) is 0 Å². The molecule has 0 aromatic carbocycles. The Balaban J connectivity index is 2.08. The zero-order valence-corrected chi connectivity index (χ0v) is 16.4. The van der Waals surface area contributed by atoms with Crippen LogP contribution in [0.2, 0.25) is 0 Å². The van der Waals surface area contributed by atoms with E-state index in [0.29, 0.717) is 0 Å². The van der Waals surface area contributed by atoms with Gasteiger partial charge >= 0.3 is 5.97 Å². The monoisotopic (exact) mass is 334 g/mol. The molecule has 0 heterocycles. The van der Waals surface area contributed by atoms with E-state index in [-0.39, 0.29) is 34.9 Å². The number of carbonyl (C=O) groups is 1. The molecule has 0 fully saturated rings. The van der Waals surface area contributed by atoms with Crippen LogP contribution >= 0.6 is 0 Å². The Bertz CT molecular complexity index is 528. The van der Waals surface area contributed by atoms with Crippen LogP contribution in [0.3, 0.4) is 0 Å². The van der Waals surface area contributed by atoms with Gasteiger partial charge in [0.15, 0.2) is 0 Å². The molecule has 2 aliphatic carbocycles. The van der Waals surface area contributed by atoms with E-state index < -0.39 is 0 Å². The summed E-state index contributed by atoms with van der Waals surface area (Å²) in [6.07, 6.45) is 7.97. The van der Waals surface area contributed by atoms with Gasteiger partial charge in [-0.05, 0) is 42.1 Å². The molecule has 0 bridgehead atoms. The fourth-order valence-corrected chi connectivity index (χ4v) is 3.66. The summed E-state index contributed by atoms with van der Waals surface area (Å²) in [5, 5.41) is 0. The average molecular weight is 335 g/mol. The molecule has 0 aromatic rings. The zero-order valence-electron chi connectivity index (χ0n) is 16.4. The molecule has 3 heteroatoms. The minimum atomic E-state index is -0.0935. The summed E-state index contributed by atoms with van der Waals surface area (Å²) in [4.78, 5) is 12.9. The summed E-state index contributed by atoms with van der Waals surface area (Å²) < 4.78 is 11.4. The van der Waals surface area contributed by atoms with Gasteiger partial charge < -0.3 is 9.47 Å². The van der Waals surface area contributed by atoms with Gasteiger partial charge in [-0.15, -0.1) is 0 Å². The van der Waals surface area contributed by atoms with E-state index in [0.717, 1.165) is 25.7 Å². The first-order valence-corrected chi connectivity index (χ1v) is 9.14. The lowest BCUT2D eigenvalue weighted by Crippen LogP contribution is -2.35. The van der Waals surface area contributed by atoms with Crippen LogP contribution in [0.25, 0.3) is 0 Å². The maximum absolute atomic E-state index is 12.9. The van der Waals surface area contributed by atoms with Crippen molar-refractivity contribution in [3.63, 3.8) is 0 Å². The Morgan fingerprint density at radius 1 is 1.25 bits per heavy atom. The molecule has 3 unspecified atom stereocenters. The standard InChI is InChI=1S/C21H34O3/c1-20(2,3)13-17(21(4,5)6)19(22)24-18-11-8-14-12-15(23-7)9-10-16(14)18/h9-10,15,17-18H,8,11-13H2,1-7H3. The van der Waals surface area contributed by atoms with Gasteiger partial charge in [-0.25, -0.2) is 0 Å². The molecule has 0 radical (unpaired) electrons. The number of methoxy groups -OCH3 is 1. The van der Waals surface area contributed by atoms with E-state index in [1.165, 1.54) is 11.1 Å². The van der Waals surface area contributed by atoms with Crippen molar-refractivity contribution in [3.8, 4) is 0 Å². The third kappa shape index (κ3) is 4.72. The first-order chi connectivity index (χ1) is 11.0. The number of esters is 1. The highest BCUT2D eigenvalue weighted by atomic mass is 16.5. The quantitative estimate of drug-likeness (QED) is 0.674. The fraction of sp³-hybridized carbons (Fsp3) is 0.762. The molecule has 3 atom stereocenters. The second-order valence-electron chi connectivity index (χ2n) is 9.54. The largest absolute Gasteiger partial charge is 0.457 e. The lowest BCUT2D eigenvalue weighted by molar-refractivity contribution is -0.157. The molecule has 0 saturated heterocycles. The smallest absolute Gasteiger partial charge is 0.310 e. The minimum Gasteiger partial charge on any atom is -0.457 e. The average Bonchev–Trinajstić information content (AvgIpc) is 2.85. The maximum Gasteiger partial charge on any atom is 0.310 e. The van der Waals surface area contributed by atoms with Gasteiger partial charge in [-0.2, -0.15) is 0 Å². The van der Waals surface area contributed by atoms with Gasteiger partial charge in [-0.1, -0.05) is 59.3 Å². The minimum absolute atomic E-state index is 0.0431.